The molecule has 1 heterocycles. The summed E-state index contributed by atoms with van der Waals surface area (Å²) >= 11 is 9.32. The Hall–Kier alpha value is -0.120. The molecule has 1 aromatic carbocycles. The van der Waals surface area contributed by atoms with Gasteiger partial charge in [0.1, 0.15) is 5.82 Å². The Morgan fingerprint density at radius 1 is 1.44 bits per heavy atom. The maximum absolute atomic E-state index is 13.1. The van der Waals surface area contributed by atoms with Crippen molar-refractivity contribution >= 4 is 27.5 Å². The maximum Gasteiger partial charge on any atom is 0.141 e. The minimum Gasteiger partial charge on any atom is -0.299 e. The first-order valence-electron chi connectivity index (χ1n) is 6.41. The molecule has 1 unspecified atom stereocenters. The van der Waals surface area contributed by atoms with Crippen molar-refractivity contribution in [2.75, 3.05) is 18.4 Å². The van der Waals surface area contributed by atoms with Crippen LogP contribution in [-0.2, 0) is 6.54 Å². The Balaban J connectivity index is 1.93. The summed E-state index contributed by atoms with van der Waals surface area (Å²) in [6, 6.07) is 5.03. The highest BCUT2D eigenvalue weighted by atomic mass is 79.9. The van der Waals surface area contributed by atoms with E-state index in [9.17, 15) is 4.39 Å². The molecule has 1 aliphatic heterocycles. The van der Waals surface area contributed by atoms with Crippen LogP contribution in [0, 0.1) is 11.7 Å². The number of benzene rings is 1. The second-order valence-corrected chi connectivity index (χ2v) is 6.17. The minimum absolute atomic E-state index is 0.224. The predicted octanol–water partition coefficient (Wildman–Crippen LogP) is 4.48. The number of rotatable bonds is 4. The van der Waals surface area contributed by atoms with Crippen molar-refractivity contribution in [2.24, 2.45) is 5.92 Å². The number of halogens is 3. The molecule has 0 radical (unpaired) electrons. The molecule has 2 rings (SSSR count). The van der Waals surface area contributed by atoms with Gasteiger partial charge in [0.25, 0.3) is 0 Å². The van der Waals surface area contributed by atoms with E-state index in [0.717, 1.165) is 36.4 Å². The molecule has 1 saturated heterocycles. The number of hydrogen-bond donors (Lipinski definition) is 0. The molecule has 18 heavy (non-hydrogen) atoms. The minimum atomic E-state index is -0.337. The Labute approximate surface area is 121 Å². The fraction of sp³-hybridized carbons (Fsp3) is 0.571. The van der Waals surface area contributed by atoms with Gasteiger partial charge in [-0.15, -0.1) is 0 Å². The normalized spacial score (nSPS) is 21.2. The van der Waals surface area contributed by atoms with Gasteiger partial charge in [-0.3, -0.25) is 4.90 Å². The van der Waals surface area contributed by atoms with Gasteiger partial charge in [-0.1, -0.05) is 33.6 Å². The van der Waals surface area contributed by atoms with Crippen LogP contribution in [0.25, 0.3) is 0 Å². The average molecular weight is 335 g/mol. The van der Waals surface area contributed by atoms with Gasteiger partial charge in [-0.05, 0) is 49.4 Å². The molecular formula is C14H18BrClFN. The summed E-state index contributed by atoms with van der Waals surface area (Å²) in [5, 5.41) is 1.30. The molecule has 0 aliphatic carbocycles. The van der Waals surface area contributed by atoms with Crippen molar-refractivity contribution < 1.29 is 4.39 Å². The van der Waals surface area contributed by atoms with Crippen LogP contribution in [0.1, 0.15) is 24.8 Å². The van der Waals surface area contributed by atoms with Crippen LogP contribution >= 0.6 is 27.5 Å². The molecular weight excluding hydrogens is 317 g/mol. The zero-order valence-electron chi connectivity index (χ0n) is 10.3. The fourth-order valence-electron chi connectivity index (χ4n) is 2.58. The first-order valence-corrected chi connectivity index (χ1v) is 7.91. The van der Waals surface area contributed by atoms with E-state index < -0.39 is 0 Å². The molecule has 0 bridgehead atoms. The highest BCUT2D eigenvalue weighted by molar-refractivity contribution is 9.09. The maximum atomic E-state index is 13.1. The molecule has 100 valence electrons. The van der Waals surface area contributed by atoms with E-state index in [1.165, 1.54) is 25.3 Å². The number of alkyl halides is 1. The number of likely N-dealkylation sites (tertiary alicyclic amines) is 1. The van der Waals surface area contributed by atoms with Crippen molar-refractivity contribution in [3.05, 3.63) is 34.6 Å². The van der Waals surface area contributed by atoms with Crippen LogP contribution in [0.3, 0.4) is 0 Å². The summed E-state index contributed by atoms with van der Waals surface area (Å²) in [4.78, 5) is 2.44. The summed E-state index contributed by atoms with van der Waals surface area (Å²) in [5.74, 6) is 0.449. The zero-order chi connectivity index (χ0) is 13.0. The van der Waals surface area contributed by atoms with Gasteiger partial charge in [0.05, 0.1) is 5.02 Å². The second-order valence-electron chi connectivity index (χ2n) is 4.97. The van der Waals surface area contributed by atoms with Gasteiger partial charge in [-0.25, -0.2) is 4.39 Å². The summed E-state index contributed by atoms with van der Waals surface area (Å²) < 4.78 is 13.1. The fourth-order valence-corrected chi connectivity index (χ4v) is 3.43. The molecule has 0 N–H and O–H groups in total. The van der Waals surface area contributed by atoms with E-state index in [-0.39, 0.29) is 10.8 Å². The zero-order valence-corrected chi connectivity index (χ0v) is 12.7. The number of hydrogen-bond acceptors (Lipinski definition) is 1. The predicted molar refractivity (Wildman–Crippen MR) is 77.8 cm³/mol. The molecule has 1 aromatic rings. The summed E-state index contributed by atoms with van der Waals surface area (Å²) in [7, 11) is 0. The highest BCUT2D eigenvalue weighted by Gasteiger charge is 2.19. The monoisotopic (exact) mass is 333 g/mol. The first-order chi connectivity index (χ1) is 8.69. The van der Waals surface area contributed by atoms with E-state index >= 15 is 0 Å². The lowest BCUT2D eigenvalue weighted by atomic mass is 9.95. The molecule has 4 heteroatoms. The van der Waals surface area contributed by atoms with Crippen molar-refractivity contribution in [3.63, 3.8) is 0 Å². The lowest BCUT2D eigenvalue weighted by Crippen LogP contribution is -2.35. The number of piperidine rings is 1. The van der Waals surface area contributed by atoms with Gasteiger partial charge >= 0.3 is 0 Å². The van der Waals surface area contributed by atoms with Gasteiger partial charge < -0.3 is 0 Å². The van der Waals surface area contributed by atoms with E-state index in [1.54, 1.807) is 6.07 Å². The molecule has 1 atom stereocenters. The Bertz CT molecular complexity index is 397. The van der Waals surface area contributed by atoms with Crippen LogP contribution in [0.4, 0.5) is 4.39 Å². The number of nitrogens with zero attached hydrogens (tertiary/aromatic N) is 1. The summed E-state index contributed by atoms with van der Waals surface area (Å²) in [5.41, 5.74) is 1.10. The van der Waals surface area contributed by atoms with Crippen molar-refractivity contribution in [1.82, 2.24) is 4.90 Å². The first kappa shape index (κ1) is 14.3. The van der Waals surface area contributed by atoms with Crippen molar-refractivity contribution in [1.29, 1.82) is 0 Å². The Morgan fingerprint density at radius 2 is 2.28 bits per heavy atom. The molecule has 1 fully saturated rings. The van der Waals surface area contributed by atoms with E-state index in [4.69, 9.17) is 11.6 Å². The van der Waals surface area contributed by atoms with Crippen LogP contribution in [0.15, 0.2) is 18.2 Å². The van der Waals surface area contributed by atoms with Crippen molar-refractivity contribution in [2.45, 2.75) is 25.8 Å². The SMILES string of the molecule is Fc1ccc(CN2CCCC(CCBr)C2)cc1Cl. The third-order valence-corrected chi connectivity index (χ3v) is 4.26. The molecule has 1 aliphatic rings. The smallest absolute Gasteiger partial charge is 0.141 e. The van der Waals surface area contributed by atoms with Gasteiger partial charge in [0, 0.05) is 18.4 Å². The molecule has 0 amide bonds. The lowest BCUT2D eigenvalue weighted by molar-refractivity contribution is 0.165. The average Bonchev–Trinajstić information content (AvgIpc) is 2.35. The van der Waals surface area contributed by atoms with Crippen LogP contribution in [0.2, 0.25) is 5.02 Å². The van der Waals surface area contributed by atoms with Crippen LogP contribution in [0.5, 0.6) is 0 Å². The molecule has 0 saturated carbocycles. The van der Waals surface area contributed by atoms with E-state index in [0.29, 0.717) is 0 Å². The summed E-state index contributed by atoms with van der Waals surface area (Å²) in [6.45, 7) is 3.15. The van der Waals surface area contributed by atoms with E-state index in [1.807, 2.05) is 6.07 Å². The lowest BCUT2D eigenvalue weighted by Gasteiger charge is -2.32. The van der Waals surface area contributed by atoms with Gasteiger partial charge in [0.2, 0.25) is 0 Å². The third kappa shape index (κ3) is 3.94. The largest absolute Gasteiger partial charge is 0.299 e. The topological polar surface area (TPSA) is 3.24 Å². The molecule has 0 spiro atoms. The Morgan fingerprint density at radius 3 is 3.00 bits per heavy atom. The standard InChI is InChI=1S/C14H18BrClFN/c15-6-5-11-2-1-7-18(9-11)10-12-3-4-14(17)13(16)8-12/h3-4,8,11H,1-2,5-7,9-10H2. The van der Waals surface area contributed by atoms with Crippen LogP contribution in [-0.4, -0.2) is 23.3 Å². The quantitative estimate of drug-likeness (QED) is 0.734. The molecule has 1 nitrogen and oxygen atoms in total. The van der Waals surface area contributed by atoms with E-state index in [2.05, 4.69) is 20.8 Å². The summed E-state index contributed by atoms with van der Waals surface area (Å²) in [6.07, 6.45) is 3.82. The Kier molecular flexibility index (Phi) is 5.46. The van der Waals surface area contributed by atoms with Crippen molar-refractivity contribution in [3.8, 4) is 0 Å². The highest BCUT2D eigenvalue weighted by Crippen LogP contribution is 2.23. The molecule has 0 aromatic heterocycles. The van der Waals surface area contributed by atoms with Gasteiger partial charge in [0.15, 0.2) is 0 Å². The second kappa shape index (κ2) is 6.88. The van der Waals surface area contributed by atoms with Crippen LogP contribution < -0.4 is 0 Å². The third-order valence-electron chi connectivity index (χ3n) is 3.51. The van der Waals surface area contributed by atoms with Gasteiger partial charge in [-0.2, -0.15) is 0 Å².